The van der Waals surface area contributed by atoms with Crippen LogP contribution in [0, 0.1) is 0 Å². The highest BCUT2D eigenvalue weighted by atomic mass is 16.5. The molecular weight excluding hydrogens is 452 g/mol. The first-order chi connectivity index (χ1) is 17.4. The van der Waals surface area contributed by atoms with Gasteiger partial charge < -0.3 is 19.7 Å². The summed E-state index contributed by atoms with van der Waals surface area (Å²) in [6.07, 6.45) is 3.21. The van der Waals surface area contributed by atoms with Crippen molar-refractivity contribution in [3.05, 3.63) is 89.5 Å². The summed E-state index contributed by atoms with van der Waals surface area (Å²) >= 11 is 0. The molecule has 0 bridgehead atoms. The van der Waals surface area contributed by atoms with Crippen LogP contribution < -0.4 is 19.7 Å². The van der Waals surface area contributed by atoms with Crippen LogP contribution in [0.15, 0.2) is 72.8 Å². The fraction of sp³-hybridized carbons (Fsp3) is 0.333. The van der Waals surface area contributed by atoms with Crippen LogP contribution in [0.25, 0.3) is 0 Å². The van der Waals surface area contributed by atoms with Gasteiger partial charge in [-0.15, -0.1) is 0 Å². The fourth-order valence-corrected chi connectivity index (χ4v) is 4.18. The number of amides is 2. The zero-order valence-electron chi connectivity index (χ0n) is 21.6. The van der Waals surface area contributed by atoms with E-state index in [2.05, 4.69) is 43.4 Å². The molecule has 1 aliphatic rings. The third-order valence-corrected chi connectivity index (χ3v) is 6.19. The van der Waals surface area contributed by atoms with Crippen molar-refractivity contribution < 1.29 is 19.1 Å². The van der Waals surface area contributed by atoms with Gasteiger partial charge in [0.1, 0.15) is 17.6 Å². The highest BCUT2D eigenvalue weighted by Crippen LogP contribution is 2.28. The lowest BCUT2D eigenvalue weighted by molar-refractivity contribution is -0.107. The van der Waals surface area contributed by atoms with E-state index in [1.165, 1.54) is 5.56 Å². The Bertz CT molecular complexity index is 1130. The standard InChI is InChI=1S/C21H24N2O4.C9H12/c1-22-21(25)16-9-10-20-15(11-16)5-3-8-19(13-23(20)14-24)27-18-7-4-6-17(12-18)26-2;1-8(2)9-6-4-3-5-7-9/h4,6-7,9-12,14,19H,3,5,8,13H2,1-2H3,(H,22,25);3-8H,1-2H3/t19-;/m0./s1. The molecule has 3 aromatic carbocycles. The number of hydrogen-bond acceptors (Lipinski definition) is 4. The number of carbonyl (C=O) groups is 2. The molecule has 0 saturated heterocycles. The maximum atomic E-state index is 11.9. The van der Waals surface area contributed by atoms with E-state index < -0.39 is 0 Å². The Morgan fingerprint density at radius 2 is 1.78 bits per heavy atom. The summed E-state index contributed by atoms with van der Waals surface area (Å²) in [5, 5.41) is 2.63. The number of hydrogen-bond donors (Lipinski definition) is 1. The lowest BCUT2D eigenvalue weighted by Gasteiger charge is -2.29. The van der Waals surface area contributed by atoms with Gasteiger partial charge in [0.05, 0.1) is 13.7 Å². The van der Waals surface area contributed by atoms with Crippen molar-refractivity contribution in [2.45, 2.75) is 45.1 Å². The zero-order chi connectivity index (χ0) is 25.9. The first-order valence-electron chi connectivity index (χ1n) is 12.4. The van der Waals surface area contributed by atoms with Crippen LogP contribution >= 0.6 is 0 Å². The van der Waals surface area contributed by atoms with Gasteiger partial charge in [0, 0.05) is 24.4 Å². The number of methoxy groups -OCH3 is 1. The van der Waals surface area contributed by atoms with E-state index in [9.17, 15) is 9.59 Å². The predicted molar refractivity (Wildman–Crippen MR) is 144 cm³/mol. The van der Waals surface area contributed by atoms with Gasteiger partial charge in [-0.3, -0.25) is 9.59 Å². The summed E-state index contributed by atoms with van der Waals surface area (Å²) in [5.74, 6) is 1.99. The predicted octanol–water partition coefficient (Wildman–Crippen LogP) is 5.61. The molecule has 0 fully saturated rings. The first kappa shape index (κ1) is 26.8. The number of aryl methyl sites for hydroxylation is 1. The maximum absolute atomic E-state index is 11.9. The fourth-order valence-electron chi connectivity index (χ4n) is 4.18. The topological polar surface area (TPSA) is 67.9 Å². The van der Waals surface area contributed by atoms with E-state index in [0.717, 1.165) is 48.4 Å². The van der Waals surface area contributed by atoms with E-state index in [4.69, 9.17) is 9.47 Å². The minimum Gasteiger partial charge on any atom is -0.497 e. The summed E-state index contributed by atoms with van der Waals surface area (Å²) in [7, 11) is 3.23. The van der Waals surface area contributed by atoms with Gasteiger partial charge in [-0.25, -0.2) is 0 Å². The summed E-state index contributed by atoms with van der Waals surface area (Å²) in [6, 6.07) is 23.4. The molecule has 0 spiro atoms. The number of nitrogens with zero attached hydrogens (tertiary/aromatic N) is 1. The van der Waals surface area contributed by atoms with Crippen LogP contribution in [0.1, 0.15) is 54.1 Å². The largest absolute Gasteiger partial charge is 0.497 e. The normalized spacial score (nSPS) is 14.9. The van der Waals surface area contributed by atoms with Gasteiger partial charge in [0.2, 0.25) is 6.41 Å². The van der Waals surface area contributed by atoms with E-state index in [1.54, 1.807) is 25.1 Å². The SMILES string of the molecule is CC(C)c1ccccc1.CNC(=O)c1ccc2c(c1)CCC[C@H](Oc1cccc(OC)c1)CN2C=O. The molecule has 0 aliphatic carbocycles. The molecule has 36 heavy (non-hydrogen) atoms. The van der Waals surface area contributed by atoms with Gasteiger partial charge in [-0.1, -0.05) is 50.2 Å². The highest BCUT2D eigenvalue weighted by molar-refractivity contribution is 5.95. The molecule has 6 nitrogen and oxygen atoms in total. The summed E-state index contributed by atoms with van der Waals surface area (Å²) in [5.41, 5.74) is 3.85. The molecule has 0 saturated carbocycles. The average molecular weight is 489 g/mol. The zero-order valence-corrected chi connectivity index (χ0v) is 21.6. The monoisotopic (exact) mass is 488 g/mol. The smallest absolute Gasteiger partial charge is 0.251 e. The highest BCUT2D eigenvalue weighted by Gasteiger charge is 2.22. The van der Waals surface area contributed by atoms with Crippen molar-refractivity contribution in [2.24, 2.45) is 0 Å². The van der Waals surface area contributed by atoms with Gasteiger partial charge in [-0.05, 0) is 66.6 Å². The van der Waals surface area contributed by atoms with Crippen molar-refractivity contribution >= 4 is 18.0 Å². The molecule has 3 aromatic rings. The van der Waals surface area contributed by atoms with Crippen molar-refractivity contribution in [3.8, 4) is 11.5 Å². The number of ether oxygens (including phenoxy) is 2. The maximum Gasteiger partial charge on any atom is 0.251 e. The molecule has 1 N–H and O–H groups in total. The van der Waals surface area contributed by atoms with Crippen molar-refractivity contribution in [1.29, 1.82) is 0 Å². The molecule has 190 valence electrons. The van der Waals surface area contributed by atoms with E-state index >= 15 is 0 Å². The number of nitrogens with one attached hydrogen (secondary N) is 1. The van der Waals surface area contributed by atoms with Crippen LogP contribution in [-0.2, 0) is 11.2 Å². The quantitative estimate of drug-likeness (QED) is 0.458. The Labute approximate surface area is 214 Å². The van der Waals surface area contributed by atoms with Gasteiger partial charge in [-0.2, -0.15) is 0 Å². The van der Waals surface area contributed by atoms with E-state index in [1.807, 2.05) is 42.5 Å². The Hall–Kier alpha value is -3.80. The molecule has 4 rings (SSSR count). The second-order valence-corrected chi connectivity index (χ2v) is 9.06. The summed E-state index contributed by atoms with van der Waals surface area (Å²) in [6.45, 7) is 4.86. The third-order valence-electron chi connectivity index (χ3n) is 6.19. The number of fused-ring (bicyclic) bond motifs is 1. The molecular formula is C30H36N2O4. The molecule has 6 heteroatoms. The Morgan fingerprint density at radius 1 is 1.03 bits per heavy atom. The van der Waals surface area contributed by atoms with Crippen molar-refractivity contribution in [1.82, 2.24) is 5.32 Å². The Morgan fingerprint density at radius 3 is 2.42 bits per heavy atom. The minimum atomic E-state index is -0.128. The summed E-state index contributed by atoms with van der Waals surface area (Å²) < 4.78 is 11.4. The third kappa shape index (κ3) is 7.35. The van der Waals surface area contributed by atoms with Crippen molar-refractivity contribution in [2.75, 3.05) is 25.6 Å². The first-order valence-corrected chi connectivity index (χ1v) is 12.4. The number of carbonyl (C=O) groups excluding carboxylic acids is 2. The Balaban J connectivity index is 0.000000338. The van der Waals surface area contributed by atoms with Crippen LogP contribution in [0.3, 0.4) is 0 Å². The lowest BCUT2D eigenvalue weighted by Crippen LogP contribution is -2.37. The van der Waals surface area contributed by atoms with Crippen LogP contribution in [0.5, 0.6) is 11.5 Å². The van der Waals surface area contributed by atoms with Crippen LogP contribution in [-0.4, -0.2) is 39.1 Å². The molecule has 1 heterocycles. The van der Waals surface area contributed by atoms with E-state index in [-0.39, 0.29) is 12.0 Å². The van der Waals surface area contributed by atoms with Gasteiger partial charge in [0.25, 0.3) is 5.91 Å². The molecule has 2 amide bonds. The van der Waals surface area contributed by atoms with Crippen molar-refractivity contribution in [3.63, 3.8) is 0 Å². The second kappa shape index (κ2) is 13.3. The summed E-state index contributed by atoms with van der Waals surface area (Å²) in [4.78, 5) is 25.3. The molecule has 0 unspecified atom stereocenters. The lowest BCUT2D eigenvalue weighted by atomic mass is 9.98. The molecule has 0 aromatic heterocycles. The number of benzene rings is 3. The molecule has 1 atom stereocenters. The van der Waals surface area contributed by atoms with Gasteiger partial charge >= 0.3 is 0 Å². The minimum absolute atomic E-state index is 0.117. The van der Waals surface area contributed by atoms with E-state index in [0.29, 0.717) is 18.0 Å². The number of anilines is 1. The number of rotatable bonds is 6. The van der Waals surface area contributed by atoms with Gasteiger partial charge in [0.15, 0.2) is 0 Å². The van der Waals surface area contributed by atoms with Crippen LogP contribution in [0.2, 0.25) is 0 Å². The second-order valence-electron chi connectivity index (χ2n) is 9.06. The molecule has 0 radical (unpaired) electrons. The molecule has 1 aliphatic heterocycles. The Kier molecular flexibility index (Phi) is 9.92. The average Bonchev–Trinajstić information content (AvgIpc) is 2.91. The van der Waals surface area contributed by atoms with Crippen LogP contribution in [0.4, 0.5) is 5.69 Å².